The molecule has 1 aromatic carbocycles. The zero-order valence-electron chi connectivity index (χ0n) is 17.9. The van der Waals surface area contributed by atoms with Crippen LogP contribution in [0, 0.1) is 0 Å². The van der Waals surface area contributed by atoms with E-state index in [1.165, 1.54) is 29.2 Å². The predicted octanol–water partition coefficient (Wildman–Crippen LogP) is 0.336. The Morgan fingerprint density at radius 1 is 1.22 bits per heavy atom. The van der Waals surface area contributed by atoms with Crippen molar-refractivity contribution in [2.45, 2.75) is 37.2 Å². The van der Waals surface area contributed by atoms with Gasteiger partial charge in [-0.2, -0.15) is 0 Å². The second-order valence-electron chi connectivity index (χ2n) is 7.64. The summed E-state index contributed by atoms with van der Waals surface area (Å²) in [7, 11) is -3.85. The molecule has 0 radical (unpaired) electrons. The van der Waals surface area contributed by atoms with Crippen molar-refractivity contribution in [3.63, 3.8) is 0 Å². The summed E-state index contributed by atoms with van der Waals surface area (Å²) in [5, 5.41) is 27.0. The smallest absolute Gasteiger partial charge is 0.264 e. The second kappa shape index (κ2) is 10.7. The minimum atomic E-state index is -3.85. The summed E-state index contributed by atoms with van der Waals surface area (Å²) in [5.74, 6) is -0.479. The zero-order valence-corrected chi connectivity index (χ0v) is 18.7. The Bertz CT molecular complexity index is 1080. The van der Waals surface area contributed by atoms with Gasteiger partial charge in [-0.1, -0.05) is 12.1 Å². The van der Waals surface area contributed by atoms with E-state index in [2.05, 4.69) is 0 Å². The monoisotopic (exact) mass is 468 g/mol. The fraction of sp³-hybridized carbons (Fsp3) is 0.429. The molecular weight excluding hydrogens is 440 g/mol. The molecule has 0 aliphatic heterocycles. The molecule has 0 spiro atoms. The highest BCUT2D eigenvalue weighted by Gasteiger charge is 2.43. The Morgan fingerprint density at radius 2 is 1.88 bits per heavy atom. The largest absolute Gasteiger partial charge is 0.493 e. The first-order chi connectivity index (χ1) is 15.0. The molecule has 1 heterocycles. The number of aromatic nitrogens is 1. The number of pyridine rings is 1. The van der Waals surface area contributed by atoms with Crippen LogP contribution in [-0.4, -0.2) is 64.6 Å². The summed E-state index contributed by atoms with van der Waals surface area (Å²) in [6, 6.07) is 10.1. The number of hydrogen-bond donors (Lipinski definition) is 4. The predicted molar refractivity (Wildman–Crippen MR) is 117 cm³/mol. The molecule has 1 amide bonds. The van der Waals surface area contributed by atoms with Crippen molar-refractivity contribution in [1.29, 1.82) is 0 Å². The number of benzene rings is 1. The first kappa shape index (κ1) is 25.5. The summed E-state index contributed by atoms with van der Waals surface area (Å²) in [6.45, 7) is 1.08. The molecule has 0 bridgehead atoms. The summed E-state index contributed by atoms with van der Waals surface area (Å²) >= 11 is 0. The van der Waals surface area contributed by atoms with Crippen molar-refractivity contribution in [2.24, 2.45) is 0 Å². The van der Waals surface area contributed by atoms with E-state index in [9.17, 15) is 23.1 Å². The van der Waals surface area contributed by atoms with E-state index in [0.717, 1.165) is 11.8 Å². The maximum Gasteiger partial charge on any atom is 0.264 e. The molecule has 10 nitrogen and oxygen atoms in total. The van der Waals surface area contributed by atoms with Crippen LogP contribution in [-0.2, 0) is 21.2 Å². The highest BCUT2D eigenvalue weighted by atomic mass is 32.2. The number of sulfone groups is 1. The van der Waals surface area contributed by atoms with Gasteiger partial charge in [-0.15, -0.1) is 0 Å². The molecule has 176 valence electrons. The quantitative estimate of drug-likeness (QED) is 0.272. The lowest BCUT2D eigenvalue weighted by molar-refractivity contribution is -0.131. The van der Waals surface area contributed by atoms with Gasteiger partial charge in [0.2, 0.25) is 0 Å². The number of nitrogens with one attached hydrogen (secondary N) is 1. The number of ether oxygens (including phenoxy) is 1. The highest BCUT2D eigenvalue weighted by Crippen LogP contribution is 2.23. The fourth-order valence-electron chi connectivity index (χ4n) is 2.94. The molecule has 2 rings (SSSR count). The van der Waals surface area contributed by atoms with Crippen LogP contribution in [0.5, 0.6) is 5.75 Å². The topological polar surface area (TPSA) is 155 Å². The standard InChI is InChI=1S/C21H28N2O8S/c1-21(20(27)22-28,32(2,29)30)9-11-23-10-7-16(13-19(23)26)15-3-5-18(6-4-15)31-12-8-17(25)14-24/h3-7,10,13,17,24-25,28H,8-9,11-12,14H2,1-2H3,(H,22,27)/t17?,21-/m1/s1. The number of hydrogen-bond acceptors (Lipinski definition) is 8. The van der Waals surface area contributed by atoms with Crippen LogP contribution in [0.2, 0.25) is 0 Å². The Kier molecular flexibility index (Phi) is 8.56. The van der Waals surface area contributed by atoms with Gasteiger partial charge in [-0.25, -0.2) is 13.9 Å². The lowest BCUT2D eigenvalue weighted by atomic mass is 10.1. The molecule has 2 atom stereocenters. The van der Waals surface area contributed by atoms with Crippen LogP contribution in [0.4, 0.5) is 0 Å². The maximum atomic E-state index is 12.5. The van der Waals surface area contributed by atoms with Gasteiger partial charge in [0.1, 0.15) is 5.75 Å². The fourth-order valence-corrected chi connectivity index (χ4v) is 3.78. The van der Waals surface area contributed by atoms with Crippen LogP contribution in [0.1, 0.15) is 19.8 Å². The van der Waals surface area contributed by atoms with Crippen molar-refractivity contribution in [3.8, 4) is 16.9 Å². The number of nitrogens with zero attached hydrogens (tertiary/aromatic N) is 1. The van der Waals surface area contributed by atoms with Crippen LogP contribution in [0.3, 0.4) is 0 Å². The van der Waals surface area contributed by atoms with Gasteiger partial charge in [0.05, 0.1) is 19.3 Å². The summed E-state index contributed by atoms with van der Waals surface area (Å²) in [6.07, 6.45) is 1.69. The normalized spacial score (nSPS) is 14.4. The Balaban J connectivity index is 2.10. The van der Waals surface area contributed by atoms with Gasteiger partial charge in [0.15, 0.2) is 14.6 Å². The lowest BCUT2D eigenvalue weighted by Crippen LogP contribution is -2.49. The van der Waals surface area contributed by atoms with Crippen molar-refractivity contribution in [1.82, 2.24) is 10.0 Å². The van der Waals surface area contributed by atoms with E-state index in [1.54, 1.807) is 30.3 Å². The van der Waals surface area contributed by atoms with Crippen molar-refractivity contribution in [3.05, 3.63) is 52.9 Å². The van der Waals surface area contributed by atoms with Gasteiger partial charge < -0.3 is 19.5 Å². The number of carbonyl (C=O) groups is 1. The van der Waals surface area contributed by atoms with Crippen LogP contribution in [0.25, 0.3) is 11.1 Å². The van der Waals surface area contributed by atoms with Crippen molar-refractivity contribution < 1.29 is 33.4 Å². The summed E-state index contributed by atoms with van der Waals surface area (Å²) < 4.78 is 29.0. The lowest BCUT2D eigenvalue weighted by Gasteiger charge is -2.25. The Morgan fingerprint density at radius 3 is 2.41 bits per heavy atom. The Labute approximate surface area is 186 Å². The van der Waals surface area contributed by atoms with E-state index < -0.39 is 26.6 Å². The average Bonchev–Trinajstić information content (AvgIpc) is 2.76. The van der Waals surface area contributed by atoms with Crippen LogP contribution >= 0.6 is 0 Å². The molecule has 0 aliphatic carbocycles. The van der Waals surface area contributed by atoms with E-state index in [0.29, 0.717) is 17.7 Å². The van der Waals surface area contributed by atoms with Gasteiger partial charge in [-0.3, -0.25) is 14.8 Å². The maximum absolute atomic E-state index is 12.5. The van der Waals surface area contributed by atoms with Gasteiger partial charge in [0.25, 0.3) is 11.5 Å². The average molecular weight is 469 g/mol. The molecule has 2 aromatic rings. The zero-order chi connectivity index (χ0) is 23.9. The molecule has 11 heteroatoms. The number of aliphatic hydroxyl groups excluding tert-OH is 2. The number of aryl methyl sites for hydroxylation is 1. The third-order valence-electron chi connectivity index (χ3n) is 5.34. The second-order valence-corrected chi connectivity index (χ2v) is 10.1. The molecular formula is C21H28N2O8S. The SMILES string of the molecule is C[C@@](CCn1ccc(-c2ccc(OCCC(O)CO)cc2)cc1=O)(C(=O)NO)S(C)(=O)=O. The van der Waals surface area contributed by atoms with Crippen molar-refractivity contribution >= 4 is 15.7 Å². The minimum Gasteiger partial charge on any atom is -0.493 e. The molecule has 0 saturated heterocycles. The van der Waals surface area contributed by atoms with Gasteiger partial charge in [-0.05, 0) is 42.7 Å². The summed E-state index contributed by atoms with van der Waals surface area (Å²) in [4.78, 5) is 24.4. The number of aliphatic hydroxyl groups is 2. The molecule has 0 aliphatic rings. The molecule has 1 aromatic heterocycles. The molecule has 32 heavy (non-hydrogen) atoms. The van der Waals surface area contributed by atoms with E-state index in [1.807, 2.05) is 0 Å². The van der Waals surface area contributed by atoms with E-state index >= 15 is 0 Å². The van der Waals surface area contributed by atoms with Crippen LogP contribution < -0.4 is 15.8 Å². The first-order valence-electron chi connectivity index (χ1n) is 9.88. The van der Waals surface area contributed by atoms with Crippen LogP contribution in [0.15, 0.2) is 47.4 Å². The van der Waals surface area contributed by atoms with Gasteiger partial charge in [0, 0.05) is 31.5 Å². The number of carbonyl (C=O) groups excluding carboxylic acids is 1. The van der Waals surface area contributed by atoms with E-state index in [4.69, 9.17) is 15.1 Å². The summed E-state index contributed by atoms with van der Waals surface area (Å²) in [5.41, 5.74) is 2.41. The van der Waals surface area contributed by atoms with Crippen molar-refractivity contribution in [2.75, 3.05) is 19.5 Å². The number of hydroxylamine groups is 1. The van der Waals surface area contributed by atoms with E-state index in [-0.39, 0.29) is 31.7 Å². The third kappa shape index (κ3) is 6.16. The Hall–Kier alpha value is -2.73. The highest BCUT2D eigenvalue weighted by molar-refractivity contribution is 7.92. The number of rotatable bonds is 11. The molecule has 0 saturated carbocycles. The molecule has 1 unspecified atom stereocenters. The number of amides is 1. The molecule has 4 N–H and O–H groups in total. The van der Waals surface area contributed by atoms with Gasteiger partial charge >= 0.3 is 0 Å². The molecule has 0 fully saturated rings. The first-order valence-corrected chi connectivity index (χ1v) is 11.8. The minimum absolute atomic E-state index is 0.0391. The third-order valence-corrected chi connectivity index (χ3v) is 7.37.